The molecule has 1 aliphatic carbocycles. The standard InChI is InChI=1S/C29H37F2N7O3S2Si/c1-32-29(9-10-29)38(17-41-11-12-44(3,4)5)43(39,40)21-15-22(18-13-19-7-6-8-20(14-18)33-19)25-23(16-21)24(36-37(25)2)27-34-35-28(42-27)26(30)31/h13,15-16,19-20,26,33H,6-12,14,17H2,2-5H3. The quantitative estimate of drug-likeness (QED) is 0.116. The first-order chi connectivity index (χ1) is 20.8. The number of aromatic nitrogens is 4. The number of rotatable bonds is 11. The molecule has 2 aromatic heterocycles. The molecule has 236 valence electrons. The maximum absolute atomic E-state index is 14.5. The molecule has 2 atom stereocenters. The topological polar surface area (TPSA) is 107 Å². The van der Waals surface area contributed by atoms with Gasteiger partial charge in [-0.2, -0.15) is 5.10 Å². The highest BCUT2D eigenvalue weighted by atomic mass is 32.2. The zero-order valence-corrected chi connectivity index (χ0v) is 27.9. The molecule has 2 unspecified atom stereocenters. The fraction of sp³-hybridized carbons (Fsp3) is 0.586. The largest absolute Gasteiger partial charge is 0.365 e. The number of benzene rings is 1. The number of nitrogens with one attached hydrogen (secondary N) is 1. The van der Waals surface area contributed by atoms with Crippen LogP contribution in [-0.2, 0) is 21.8 Å². The van der Waals surface area contributed by atoms with Crippen LogP contribution in [0.1, 0.15) is 55.5 Å². The lowest BCUT2D eigenvalue weighted by atomic mass is 9.84. The molecule has 4 heterocycles. The molecule has 2 bridgehead atoms. The Hall–Kier alpha value is -2.61. The van der Waals surface area contributed by atoms with Gasteiger partial charge in [0.15, 0.2) is 10.0 Å². The first-order valence-corrected chi connectivity index (χ1v) is 20.9. The van der Waals surface area contributed by atoms with E-state index in [1.54, 1.807) is 17.8 Å². The minimum absolute atomic E-state index is 0.0150. The predicted octanol–water partition coefficient (Wildman–Crippen LogP) is 6.04. The Labute approximate surface area is 261 Å². The number of piperidine rings is 1. The number of nitrogens with zero attached hydrogens (tertiary/aromatic N) is 6. The summed E-state index contributed by atoms with van der Waals surface area (Å²) in [5.41, 5.74) is 1.56. The Morgan fingerprint density at radius 3 is 2.68 bits per heavy atom. The maximum Gasteiger partial charge on any atom is 0.303 e. The van der Waals surface area contributed by atoms with Gasteiger partial charge in [-0.1, -0.05) is 47.8 Å². The lowest BCUT2D eigenvalue weighted by molar-refractivity contribution is 0.0642. The van der Waals surface area contributed by atoms with Crippen LogP contribution in [0, 0.1) is 6.57 Å². The predicted molar refractivity (Wildman–Crippen MR) is 168 cm³/mol. The Morgan fingerprint density at radius 1 is 1.27 bits per heavy atom. The summed E-state index contributed by atoms with van der Waals surface area (Å²) in [7, 11) is -3.88. The average molecular weight is 662 g/mol. The second kappa shape index (κ2) is 11.6. The molecular weight excluding hydrogens is 625 g/mol. The van der Waals surface area contributed by atoms with E-state index in [2.05, 4.69) is 51.2 Å². The summed E-state index contributed by atoms with van der Waals surface area (Å²) in [5.74, 6) is 0. The molecule has 15 heteroatoms. The number of sulfonamides is 1. The molecule has 6 rings (SSSR count). The molecule has 1 saturated heterocycles. The molecule has 2 fully saturated rings. The van der Waals surface area contributed by atoms with Crippen molar-refractivity contribution < 1.29 is 21.9 Å². The van der Waals surface area contributed by atoms with Gasteiger partial charge in [-0.25, -0.2) is 23.8 Å². The van der Waals surface area contributed by atoms with Gasteiger partial charge in [-0.05, 0) is 43.0 Å². The number of alkyl halides is 2. The smallest absolute Gasteiger partial charge is 0.303 e. The first kappa shape index (κ1) is 31.4. The van der Waals surface area contributed by atoms with Crippen LogP contribution in [0.5, 0.6) is 0 Å². The van der Waals surface area contributed by atoms with Crippen LogP contribution < -0.4 is 5.32 Å². The Kier molecular flexibility index (Phi) is 8.29. The van der Waals surface area contributed by atoms with E-state index in [0.29, 0.717) is 36.0 Å². The number of aryl methyl sites for hydroxylation is 1. The van der Waals surface area contributed by atoms with Crippen molar-refractivity contribution in [3.8, 4) is 10.7 Å². The summed E-state index contributed by atoms with van der Waals surface area (Å²) >= 11 is 0.741. The van der Waals surface area contributed by atoms with Crippen LogP contribution in [0.15, 0.2) is 23.1 Å². The fourth-order valence-corrected chi connectivity index (χ4v) is 9.21. The van der Waals surface area contributed by atoms with Gasteiger partial charge >= 0.3 is 5.66 Å². The highest BCUT2D eigenvalue weighted by Gasteiger charge is 2.61. The SMILES string of the molecule is [C-]#[N+]C1(N(COCC[Si](C)(C)C)S(=O)(=O)c2cc(C3=CC4CCCC(C3)N4)c3c(c2)c(-c2nnc(C(F)F)s2)nn3C)CC1. The molecule has 0 spiro atoms. The molecule has 0 radical (unpaired) electrons. The van der Waals surface area contributed by atoms with Gasteiger partial charge in [0.1, 0.15) is 12.4 Å². The molecule has 0 amide bonds. The van der Waals surface area contributed by atoms with E-state index in [9.17, 15) is 17.2 Å². The van der Waals surface area contributed by atoms with Crippen LogP contribution in [0.4, 0.5) is 8.78 Å². The molecule has 1 N–H and O–H groups in total. The highest BCUT2D eigenvalue weighted by molar-refractivity contribution is 7.89. The molecule has 3 aromatic rings. The minimum atomic E-state index is -4.22. The number of hydrogen-bond donors (Lipinski definition) is 1. The van der Waals surface area contributed by atoms with Crippen molar-refractivity contribution in [2.75, 3.05) is 13.3 Å². The van der Waals surface area contributed by atoms with Crippen LogP contribution >= 0.6 is 11.3 Å². The van der Waals surface area contributed by atoms with Crippen molar-refractivity contribution in [1.82, 2.24) is 29.6 Å². The van der Waals surface area contributed by atoms with Crippen molar-refractivity contribution in [2.24, 2.45) is 7.05 Å². The van der Waals surface area contributed by atoms with Gasteiger partial charge in [0, 0.05) is 44.8 Å². The van der Waals surface area contributed by atoms with E-state index >= 15 is 0 Å². The summed E-state index contributed by atoms with van der Waals surface area (Å²) in [6.07, 6.45) is 4.13. The normalized spacial score (nSPS) is 21.6. The maximum atomic E-state index is 14.5. The molecule has 1 aromatic carbocycles. The van der Waals surface area contributed by atoms with Crippen molar-refractivity contribution in [3.05, 3.63) is 40.2 Å². The zero-order valence-electron chi connectivity index (χ0n) is 25.3. The van der Waals surface area contributed by atoms with Crippen LogP contribution in [-0.4, -0.2) is 71.9 Å². The van der Waals surface area contributed by atoms with Crippen molar-refractivity contribution in [3.63, 3.8) is 0 Å². The molecule has 3 aliphatic rings. The Balaban J connectivity index is 1.49. The lowest BCUT2D eigenvalue weighted by Gasteiger charge is -2.35. The third kappa shape index (κ3) is 6.00. The monoisotopic (exact) mass is 661 g/mol. The van der Waals surface area contributed by atoms with Gasteiger partial charge in [-0.15, -0.1) is 10.2 Å². The van der Waals surface area contributed by atoms with Crippen molar-refractivity contribution >= 4 is 45.9 Å². The van der Waals surface area contributed by atoms with Gasteiger partial charge < -0.3 is 10.1 Å². The second-order valence-corrected chi connectivity index (χ2v) is 21.7. The van der Waals surface area contributed by atoms with Gasteiger partial charge in [-0.3, -0.25) is 9.53 Å². The fourth-order valence-electron chi connectivity index (χ4n) is 6.08. The molecule has 44 heavy (non-hydrogen) atoms. The summed E-state index contributed by atoms with van der Waals surface area (Å²) < 4.78 is 64.7. The van der Waals surface area contributed by atoms with Crippen LogP contribution in [0.25, 0.3) is 32.0 Å². The number of hydrogen-bond acceptors (Lipinski definition) is 8. The van der Waals surface area contributed by atoms with E-state index in [4.69, 9.17) is 11.3 Å². The van der Waals surface area contributed by atoms with E-state index in [-0.39, 0.29) is 28.7 Å². The summed E-state index contributed by atoms with van der Waals surface area (Å²) in [6, 6.07) is 4.56. The van der Waals surface area contributed by atoms with Crippen LogP contribution in [0.2, 0.25) is 25.7 Å². The third-order valence-corrected chi connectivity index (χ3v) is 13.1. The van der Waals surface area contributed by atoms with E-state index in [1.165, 1.54) is 10.4 Å². The van der Waals surface area contributed by atoms with E-state index < -0.39 is 35.2 Å². The molecule has 2 aliphatic heterocycles. The number of ether oxygens (including phenoxy) is 1. The van der Waals surface area contributed by atoms with Gasteiger partial charge in [0.05, 0.1) is 23.3 Å². The first-order valence-electron chi connectivity index (χ1n) is 14.9. The Bertz CT molecular complexity index is 1760. The number of fused-ring (bicyclic) bond motifs is 3. The van der Waals surface area contributed by atoms with Crippen LogP contribution in [0.3, 0.4) is 0 Å². The molecule has 1 saturated carbocycles. The third-order valence-electron chi connectivity index (χ3n) is 8.64. The summed E-state index contributed by atoms with van der Waals surface area (Å²) in [4.78, 5) is 3.77. The van der Waals surface area contributed by atoms with Crippen molar-refractivity contribution in [2.45, 2.75) is 93.3 Å². The van der Waals surface area contributed by atoms with Crippen molar-refractivity contribution in [1.29, 1.82) is 0 Å². The zero-order chi connectivity index (χ0) is 31.4. The second-order valence-electron chi connectivity index (χ2n) is 13.2. The highest BCUT2D eigenvalue weighted by Crippen LogP contribution is 2.47. The van der Waals surface area contributed by atoms with E-state index in [1.807, 2.05) is 0 Å². The minimum Gasteiger partial charge on any atom is -0.365 e. The summed E-state index contributed by atoms with van der Waals surface area (Å²) in [6.45, 7) is 14.7. The molecule has 10 nitrogen and oxygen atoms in total. The average Bonchev–Trinajstić information content (AvgIpc) is 3.44. The lowest BCUT2D eigenvalue weighted by Crippen LogP contribution is -2.44. The van der Waals surface area contributed by atoms with Gasteiger partial charge in [0.2, 0.25) is 0 Å². The van der Waals surface area contributed by atoms with Gasteiger partial charge in [0.25, 0.3) is 16.4 Å². The molecular formula is C29H37F2N7O3S2Si. The van der Waals surface area contributed by atoms with E-state index in [0.717, 1.165) is 54.2 Å². The number of halogens is 2. The Morgan fingerprint density at radius 2 is 2.05 bits per heavy atom. The summed E-state index contributed by atoms with van der Waals surface area (Å²) in [5, 5.41) is 16.2.